The van der Waals surface area contributed by atoms with Crippen molar-refractivity contribution in [3.63, 3.8) is 0 Å². The molecule has 0 atom stereocenters. The van der Waals surface area contributed by atoms with E-state index in [0.29, 0.717) is 35.2 Å². The Hall–Kier alpha value is -3.53. The van der Waals surface area contributed by atoms with Gasteiger partial charge < -0.3 is 21.2 Å². The van der Waals surface area contributed by atoms with E-state index in [2.05, 4.69) is 43.3 Å². The average Bonchev–Trinajstić information content (AvgIpc) is 3.20. The summed E-state index contributed by atoms with van der Waals surface area (Å²) in [5.41, 5.74) is 10.8. The number of hydrogen-bond acceptors (Lipinski definition) is 9. The lowest BCUT2D eigenvalue weighted by atomic mass is 10.0. The lowest BCUT2D eigenvalue weighted by Gasteiger charge is -2.28. The van der Waals surface area contributed by atoms with Gasteiger partial charge in [0.15, 0.2) is 11.4 Å². The molecular formula is C21H27N9O. The smallest absolute Gasteiger partial charge is 0.225 e. The third-order valence-electron chi connectivity index (χ3n) is 5.37. The zero-order chi connectivity index (χ0) is 22.0. The minimum Gasteiger partial charge on any atom is -0.493 e. The summed E-state index contributed by atoms with van der Waals surface area (Å²) >= 11 is 0. The Morgan fingerprint density at radius 1 is 1.39 bits per heavy atom. The molecule has 1 aliphatic rings. The molecule has 0 radical (unpaired) electrons. The normalized spacial score (nSPS) is 14.5. The SMILES string of the molecule is C/C=C(\OC)c1nc2c(C=N)c(NCCN3CCc4ncc(C)cc4C3)nc(N)n2n1. The van der Waals surface area contributed by atoms with E-state index in [9.17, 15) is 0 Å². The topological polar surface area (TPSA) is 130 Å². The number of nitrogens with zero attached hydrogens (tertiary/aromatic N) is 6. The molecule has 0 amide bonds. The van der Waals surface area contributed by atoms with Crippen molar-refractivity contribution in [2.24, 2.45) is 0 Å². The van der Waals surface area contributed by atoms with Gasteiger partial charge in [-0.2, -0.15) is 9.50 Å². The molecule has 4 rings (SSSR count). The van der Waals surface area contributed by atoms with Gasteiger partial charge in [-0.3, -0.25) is 9.88 Å². The highest BCUT2D eigenvalue weighted by atomic mass is 16.5. The van der Waals surface area contributed by atoms with E-state index in [4.69, 9.17) is 15.9 Å². The molecule has 4 heterocycles. The van der Waals surface area contributed by atoms with Gasteiger partial charge in [-0.25, -0.2) is 4.98 Å². The first-order valence-electron chi connectivity index (χ1n) is 10.2. The second kappa shape index (κ2) is 8.68. The second-order valence-electron chi connectivity index (χ2n) is 7.48. The fourth-order valence-corrected chi connectivity index (χ4v) is 3.81. The summed E-state index contributed by atoms with van der Waals surface area (Å²) in [5.74, 6) is 1.65. The van der Waals surface area contributed by atoms with Gasteiger partial charge in [0.05, 0.1) is 12.7 Å². The van der Waals surface area contributed by atoms with Crippen LogP contribution in [-0.4, -0.2) is 62.4 Å². The number of pyridine rings is 1. The number of hydrogen-bond donors (Lipinski definition) is 3. The summed E-state index contributed by atoms with van der Waals surface area (Å²) in [4.78, 5) is 15.9. The highest BCUT2D eigenvalue weighted by Crippen LogP contribution is 2.22. The molecule has 0 aliphatic carbocycles. The van der Waals surface area contributed by atoms with Crippen molar-refractivity contribution < 1.29 is 4.74 Å². The third-order valence-corrected chi connectivity index (χ3v) is 5.37. The monoisotopic (exact) mass is 421 g/mol. The number of nitrogens with one attached hydrogen (secondary N) is 2. The van der Waals surface area contributed by atoms with Crippen molar-refractivity contribution in [2.75, 3.05) is 37.8 Å². The number of nitrogen functional groups attached to an aromatic ring is 1. The van der Waals surface area contributed by atoms with Crippen molar-refractivity contribution in [2.45, 2.75) is 26.8 Å². The van der Waals surface area contributed by atoms with Gasteiger partial charge in [0.25, 0.3) is 0 Å². The van der Waals surface area contributed by atoms with Crippen molar-refractivity contribution >= 4 is 29.4 Å². The van der Waals surface area contributed by atoms with E-state index in [0.717, 1.165) is 26.1 Å². The molecule has 3 aromatic rings. The molecule has 3 aromatic heterocycles. The van der Waals surface area contributed by atoms with E-state index in [1.807, 2.05) is 13.1 Å². The van der Waals surface area contributed by atoms with Crippen LogP contribution in [0.4, 0.5) is 11.8 Å². The molecule has 4 N–H and O–H groups in total. The number of anilines is 2. The zero-order valence-corrected chi connectivity index (χ0v) is 18.0. The molecule has 31 heavy (non-hydrogen) atoms. The largest absolute Gasteiger partial charge is 0.493 e. The first-order valence-corrected chi connectivity index (χ1v) is 10.2. The molecule has 0 bridgehead atoms. The molecule has 10 nitrogen and oxygen atoms in total. The van der Waals surface area contributed by atoms with E-state index in [1.54, 1.807) is 13.2 Å². The van der Waals surface area contributed by atoms with Crippen LogP contribution in [0.2, 0.25) is 0 Å². The molecule has 0 spiro atoms. The molecule has 0 fully saturated rings. The van der Waals surface area contributed by atoms with Crippen molar-refractivity contribution in [3.05, 3.63) is 46.5 Å². The number of fused-ring (bicyclic) bond motifs is 2. The standard InChI is InChI=1S/C21H27N9O/c1-4-17(31-3)19-26-20-15(10-22)18(27-21(23)30(20)28-19)24-6-8-29-7-5-16-14(12-29)9-13(2)11-25-16/h4,9-11,22,24H,5-8,12H2,1-3H3,(H2,23,27)/b17-4-,22-10?. The highest BCUT2D eigenvalue weighted by molar-refractivity contribution is 5.93. The summed E-state index contributed by atoms with van der Waals surface area (Å²) in [7, 11) is 1.56. The molecule has 0 unspecified atom stereocenters. The predicted molar refractivity (Wildman–Crippen MR) is 120 cm³/mol. The predicted octanol–water partition coefficient (Wildman–Crippen LogP) is 1.88. The first-order chi connectivity index (χ1) is 15.0. The highest BCUT2D eigenvalue weighted by Gasteiger charge is 2.19. The minimum atomic E-state index is 0.196. The van der Waals surface area contributed by atoms with Crippen LogP contribution in [0.5, 0.6) is 0 Å². The Morgan fingerprint density at radius 3 is 2.97 bits per heavy atom. The molecule has 0 aromatic carbocycles. The van der Waals surface area contributed by atoms with Crippen LogP contribution in [0.3, 0.4) is 0 Å². The van der Waals surface area contributed by atoms with Crippen LogP contribution < -0.4 is 11.1 Å². The van der Waals surface area contributed by atoms with E-state index < -0.39 is 0 Å². The maximum Gasteiger partial charge on any atom is 0.225 e. The van der Waals surface area contributed by atoms with Gasteiger partial charge in [-0.1, -0.05) is 6.07 Å². The van der Waals surface area contributed by atoms with Gasteiger partial charge in [0.2, 0.25) is 11.8 Å². The van der Waals surface area contributed by atoms with Gasteiger partial charge in [0.1, 0.15) is 5.82 Å². The molecule has 0 saturated carbocycles. The Kier molecular flexibility index (Phi) is 5.81. The molecule has 1 aliphatic heterocycles. The van der Waals surface area contributed by atoms with Crippen LogP contribution in [0.1, 0.15) is 35.1 Å². The van der Waals surface area contributed by atoms with Gasteiger partial charge in [0, 0.05) is 50.7 Å². The summed E-state index contributed by atoms with van der Waals surface area (Å²) in [5, 5.41) is 15.6. The Bertz CT molecular complexity index is 1150. The molecule has 10 heteroatoms. The average molecular weight is 422 g/mol. The number of aromatic nitrogens is 5. The quantitative estimate of drug-likeness (QED) is 0.389. The number of aryl methyl sites for hydroxylation is 1. The molecule has 0 saturated heterocycles. The van der Waals surface area contributed by atoms with Gasteiger partial charge >= 0.3 is 0 Å². The number of allylic oxidation sites excluding steroid dienone is 1. The van der Waals surface area contributed by atoms with Crippen molar-refractivity contribution in [1.29, 1.82) is 5.41 Å². The molecular weight excluding hydrogens is 394 g/mol. The summed E-state index contributed by atoms with van der Waals surface area (Å²) in [6, 6.07) is 2.22. The number of rotatable bonds is 7. The van der Waals surface area contributed by atoms with Crippen molar-refractivity contribution in [3.8, 4) is 0 Å². The minimum absolute atomic E-state index is 0.196. The second-order valence-corrected chi connectivity index (χ2v) is 7.48. The van der Waals surface area contributed by atoms with Crippen LogP contribution in [0.25, 0.3) is 11.4 Å². The fourth-order valence-electron chi connectivity index (χ4n) is 3.81. The van der Waals surface area contributed by atoms with Crippen molar-refractivity contribution in [1.82, 2.24) is 29.5 Å². The van der Waals surface area contributed by atoms with E-state index in [-0.39, 0.29) is 5.95 Å². The zero-order valence-electron chi connectivity index (χ0n) is 18.0. The van der Waals surface area contributed by atoms with Crippen LogP contribution in [0, 0.1) is 12.3 Å². The number of methoxy groups -OCH3 is 1. The lowest BCUT2D eigenvalue weighted by molar-refractivity contribution is 0.261. The maximum atomic E-state index is 7.89. The van der Waals surface area contributed by atoms with Crippen LogP contribution >= 0.6 is 0 Å². The Morgan fingerprint density at radius 2 is 2.23 bits per heavy atom. The first kappa shape index (κ1) is 20.7. The van der Waals surface area contributed by atoms with Gasteiger partial charge in [-0.05, 0) is 31.1 Å². The summed E-state index contributed by atoms with van der Waals surface area (Å²) < 4.78 is 6.73. The lowest BCUT2D eigenvalue weighted by Crippen LogP contribution is -2.35. The molecule has 162 valence electrons. The number of nitrogens with two attached hydrogens (primary N) is 1. The van der Waals surface area contributed by atoms with Gasteiger partial charge in [-0.15, -0.1) is 5.10 Å². The third kappa shape index (κ3) is 4.06. The number of ether oxygens (including phenoxy) is 1. The summed E-state index contributed by atoms with van der Waals surface area (Å²) in [6.07, 6.45) is 5.88. The maximum absolute atomic E-state index is 7.89. The summed E-state index contributed by atoms with van der Waals surface area (Å²) in [6.45, 7) is 7.26. The Balaban J connectivity index is 1.50. The van der Waals surface area contributed by atoms with E-state index >= 15 is 0 Å². The fraction of sp³-hybridized carbons (Fsp3) is 0.381. The Labute approximate surface area is 180 Å². The van der Waals surface area contributed by atoms with Crippen LogP contribution in [-0.2, 0) is 17.7 Å². The van der Waals surface area contributed by atoms with E-state index in [1.165, 1.54) is 27.6 Å². The van der Waals surface area contributed by atoms with Crippen LogP contribution in [0.15, 0.2) is 18.3 Å².